The fourth-order valence-electron chi connectivity index (χ4n) is 3.85. The Kier molecular flexibility index (Phi) is 5.76. The highest BCUT2D eigenvalue weighted by atomic mass is 19.1. The Morgan fingerprint density at radius 3 is 3.08 bits per heavy atom. The number of aliphatic imine (C=N–C) groups is 1. The zero-order valence-electron chi connectivity index (χ0n) is 15.2. The van der Waals surface area contributed by atoms with E-state index in [1.165, 1.54) is 12.1 Å². The Bertz CT molecular complexity index is 681. The second-order valence-corrected chi connectivity index (χ2v) is 7.24. The average molecular weight is 362 g/mol. The van der Waals surface area contributed by atoms with Crippen molar-refractivity contribution in [1.82, 2.24) is 15.5 Å². The highest BCUT2D eigenvalue weighted by Crippen LogP contribution is 2.36. The smallest absolute Gasteiger partial charge is 0.220 e. The van der Waals surface area contributed by atoms with Crippen LogP contribution in [0.5, 0.6) is 0 Å². The number of benzene rings is 1. The van der Waals surface area contributed by atoms with Gasteiger partial charge < -0.3 is 20.6 Å². The van der Waals surface area contributed by atoms with Crippen molar-refractivity contribution in [2.75, 3.05) is 32.7 Å². The summed E-state index contributed by atoms with van der Waals surface area (Å²) in [5.74, 6) is 0.491. The summed E-state index contributed by atoms with van der Waals surface area (Å²) in [6.07, 6.45) is 1.75. The van der Waals surface area contributed by atoms with Crippen molar-refractivity contribution in [3.63, 3.8) is 0 Å². The largest absolute Gasteiger partial charge is 0.386 e. The molecule has 3 N–H and O–H groups in total. The van der Waals surface area contributed by atoms with Gasteiger partial charge in [-0.2, -0.15) is 0 Å². The van der Waals surface area contributed by atoms with Crippen LogP contribution >= 0.6 is 0 Å². The Morgan fingerprint density at radius 1 is 1.54 bits per heavy atom. The molecule has 7 heteroatoms. The van der Waals surface area contributed by atoms with Crippen molar-refractivity contribution < 1.29 is 14.3 Å². The lowest BCUT2D eigenvalue weighted by Crippen LogP contribution is -2.51. The van der Waals surface area contributed by atoms with Gasteiger partial charge >= 0.3 is 0 Å². The molecule has 2 heterocycles. The van der Waals surface area contributed by atoms with E-state index < -0.39 is 6.10 Å². The molecule has 1 spiro atoms. The lowest BCUT2D eigenvalue weighted by molar-refractivity contribution is -0.119. The van der Waals surface area contributed by atoms with E-state index in [9.17, 15) is 14.3 Å². The molecular formula is C19H27FN4O2. The van der Waals surface area contributed by atoms with E-state index in [-0.39, 0.29) is 23.7 Å². The molecule has 1 aromatic carbocycles. The van der Waals surface area contributed by atoms with E-state index in [1.54, 1.807) is 12.1 Å². The van der Waals surface area contributed by atoms with Crippen LogP contribution in [-0.2, 0) is 4.79 Å². The van der Waals surface area contributed by atoms with Crippen LogP contribution in [-0.4, -0.2) is 54.6 Å². The topological polar surface area (TPSA) is 77.0 Å². The van der Waals surface area contributed by atoms with Crippen molar-refractivity contribution in [2.24, 2.45) is 10.4 Å². The van der Waals surface area contributed by atoms with Crippen LogP contribution < -0.4 is 10.6 Å². The summed E-state index contributed by atoms with van der Waals surface area (Å²) in [6.45, 7) is 5.24. The summed E-state index contributed by atoms with van der Waals surface area (Å²) in [7, 11) is 0. The minimum Gasteiger partial charge on any atom is -0.386 e. The first-order chi connectivity index (χ1) is 12.5. The fourth-order valence-corrected chi connectivity index (χ4v) is 3.85. The number of nitrogens with zero attached hydrogens (tertiary/aromatic N) is 2. The van der Waals surface area contributed by atoms with Crippen LogP contribution in [0.4, 0.5) is 4.39 Å². The summed E-state index contributed by atoms with van der Waals surface area (Å²) in [5, 5.41) is 16.5. The number of aliphatic hydroxyl groups excluding tert-OH is 1. The summed E-state index contributed by atoms with van der Waals surface area (Å²) < 4.78 is 13.3. The van der Waals surface area contributed by atoms with Crippen LogP contribution in [0.1, 0.15) is 37.9 Å². The SMILES string of the molecule is CCNC(=NCC(O)c1cccc(F)c1)N1CCCC2(CNC(=O)C2)C1. The number of likely N-dealkylation sites (tertiary alicyclic amines) is 1. The third-order valence-corrected chi connectivity index (χ3v) is 5.14. The molecule has 0 aliphatic carbocycles. The molecule has 1 aromatic rings. The Balaban J connectivity index is 1.69. The molecule has 2 aliphatic rings. The number of hydrogen-bond donors (Lipinski definition) is 3. The van der Waals surface area contributed by atoms with Crippen LogP contribution in [0, 0.1) is 11.2 Å². The Hall–Kier alpha value is -2.15. The molecule has 0 bridgehead atoms. The van der Waals surface area contributed by atoms with E-state index in [2.05, 4.69) is 20.5 Å². The molecule has 142 valence electrons. The van der Waals surface area contributed by atoms with Gasteiger partial charge in [-0.3, -0.25) is 9.79 Å². The normalized spacial score (nSPS) is 24.7. The number of nitrogens with one attached hydrogen (secondary N) is 2. The fraction of sp³-hybridized carbons (Fsp3) is 0.579. The summed E-state index contributed by atoms with van der Waals surface area (Å²) in [5.41, 5.74) is 0.498. The maximum absolute atomic E-state index is 13.3. The zero-order valence-corrected chi connectivity index (χ0v) is 15.2. The first kappa shape index (κ1) is 18.6. The quantitative estimate of drug-likeness (QED) is 0.559. The molecular weight excluding hydrogens is 335 g/mol. The molecule has 1 amide bonds. The molecule has 3 rings (SSSR count). The van der Waals surface area contributed by atoms with Crippen molar-refractivity contribution in [1.29, 1.82) is 0 Å². The lowest BCUT2D eigenvalue weighted by atomic mass is 9.79. The molecule has 0 saturated carbocycles. The molecule has 2 saturated heterocycles. The van der Waals surface area contributed by atoms with E-state index in [0.29, 0.717) is 18.5 Å². The highest BCUT2D eigenvalue weighted by Gasteiger charge is 2.42. The number of piperidine rings is 1. The van der Waals surface area contributed by atoms with E-state index in [1.807, 2.05) is 6.92 Å². The number of aliphatic hydroxyl groups is 1. The van der Waals surface area contributed by atoms with E-state index in [0.717, 1.165) is 38.4 Å². The Morgan fingerprint density at radius 2 is 2.38 bits per heavy atom. The van der Waals surface area contributed by atoms with Gasteiger partial charge in [-0.25, -0.2) is 4.39 Å². The average Bonchev–Trinajstić information content (AvgIpc) is 2.98. The van der Waals surface area contributed by atoms with Crippen LogP contribution in [0.2, 0.25) is 0 Å². The second kappa shape index (κ2) is 8.03. The Labute approximate surface area is 153 Å². The molecule has 0 aromatic heterocycles. The van der Waals surface area contributed by atoms with Gasteiger partial charge in [0.15, 0.2) is 5.96 Å². The number of amides is 1. The minimum atomic E-state index is -0.854. The van der Waals surface area contributed by atoms with Crippen LogP contribution in [0.25, 0.3) is 0 Å². The van der Waals surface area contributed by atoms with E-state index in [4.69, 9.17) is 0 Å². The van der Waals surface area contributed by atoms with Crippen molar-refractivity contribution in [3.8, 4) is 0 Å². The number of guanidine groups is 1. The first-order valence-electron chi connectivity index (χ1n) is 9.25. The van der Waals surface area contributed by atoms with Gasteiger partial charge in [0.05, 0.1) is 12.6 Å². The maximum atomic E-state index is 13.3. The predicted molar refractivity (Wildman–Crippen MR) is 98.2 cm³/mol. The summed E-state index contributed by atoms with van der Waals surface area (Å²) in [4.78, 5) is 18.4. The van der Waals surface area contributed by atoms with Gasteiger partial charge in [0.25, 0.3) is 0 Å². The monoisotopic (exact) mass is 362 g/mol. The predicted octanol–water partition coefficient (Wildman–Crippen LogP) is 1.43. The zero-order chi connectivity index (χ0) is 18.6. The number of halogens is 1. The van der Waals surface area contributed by atoms with Crippen molar-refractivity contribution >= 4 is 11.9 Å². The van der Waals surface area contributed by atoms with Gasteiger partial charge in [0, 0.05) is 38.0 Å². The van der Waals surface area contributed by atoms with Crippen molar-refractivity contribution in [3.05, 3.63) is 35.6 Å². The molecule has 6 nitrogen and oxygen atoms in total. The molecule has 2 atom stereocenters. The van der Waals surface area contributed by atoms with Gasteiger partial charge in [-0.05, 0) is 37.5 Å². The molecule has 2 fully saturated rings. The van der Waals surface area contributed by atoms with Crippen LogP contribution in [0.15, 0.2) is 29.3 Å². The lowest BCUT2D eigenvalue weighted by Gasteiger charge is -2.40. The molecule has 0 radical (unpaired) electrons. The first-order valence-corrected chi connectivity index (χ1v) is 9.25. The number of hydrogen-bond acceptors (Lipinski definition) is 3. The number of carbonyl (C=O) groups excluding carboxylic acids is 1. The molecule has 2 unspecified atom stereocenters. The van der Waals surface area contributed by atoms with Gasteiger partial charge in [-0.1, -0.05) is 12.1 Å². The minimum absolute atomic E-state index is 0.0211. The van der Waals surface area contributed by atoms with Crippen LogP contribution in [0.3, 0.4) is 0 Å². The van der Waals surface area contributed by atoms with E-state index >= 15 is 0 Å². The molecule has 2 aliphatic heterocycles. The number of carbonyl (C=O) groups is 1. The summed E-state index contributed by atoms with van der Waals surface area (Å²) in [6, 6.07) is 5.97. The third kappa shape index (κ3) is 4.33. The summed E-state index contributed by atoms with van der Waals surface area (Å²) >= 11 is 0. The highest BCUT2D eigenvalue weighted by molar-refractivity contribution is 5.81. The maximum Gasteiger partial charge on any atom is 0.220 e. The van der Waals surface area contributed by atoms with Gasteiger partial charge in [0.2, 0.25) is 5.91 Å². The molecule has 26 heavy (non-hydrogen) atoms. The third-order valence-electron chi connectivity index (χ3n) is 5.14. The second-order valence-electron chi connectivity index (χ2n) is 7.24. The van der Waals surface area contributed by atoms with Gasteiger partial charge in [-0.15, -0.1) is 0 Å². The van der Waals surface area contributed by atoms with Gasteiger partial charge in [0.1, 0.15) is 5.82 Å². The standard InChI is InChI=1S/C19H27FN4O2/c1-2-21-18(22-11-16(25)14-5-3-6-15(20)9-14)24-8-4-7-19(13-24)10-17(26)23-12-19/h3,5-6,9,16,25H,2,4,7-8,10-13H2,1H3,(H,21,22)(H,23,26). The van der Waals surface area contributed by atoms with Crippen molar-refractivity contribution in [2.45, 2.75) is 32.3 Å². The number of rotatable bonds is 4.